The maximum absolute atomic E-state index is 13.7. The lowest BCUT2D eigenvalue weighted by molar-refractivity contribution is -0.138. The zero-order valence-electron chi connectivity index (χ0n) is 15.0. The van der Waals surface area contributed by atoms with Crippen molar-refractivity contribution < 1.29 is 13.2 Å². The number of hydrogen-bond acceptors (Lipinski definition) is 1. The lowest BCUT2D eigenvalue weighted by Gasteiger charge is -2.21. The SMILES string of the molecule is CCCCCCCC(CC)c1ccc(-c2cccs2)cc1C(F)(F)F. The van der Waals surface area contributed by atoms with Crippen molar-refractivity contribution in [2.45, 2.75) is 70.9 Å². The van der Waals surface area contributed by atoms with Gasteiger partial charge in [-0.15, -0.1) is 11.3 Å². The van der Waals surface area contributed by atoms with Crippen LogP contribution >= 0.6 is 11.3 Å². The molecule has 0 nitrogen and oxygen atoms in total. The van der Waals surface area contributed by atoms with Gasteiger partial charge in [-0.2, -0.15) is 13.2 Å². The quantitative estimate of drug-likeness (QED) is 0.391. The molecular formula is C21H27F3S. The molecule has 2 rings (SSSR count). The molecule has 1 heterocycles. The Kier molecular flexibility index (Phi) is 7.55. The third-order valence-corrected chi connectivity index (χ3v) is 5.67. The first-order valence-corrected chi connectivity index (χ1v) is 10.1. The Bertz CT molecular complexity index is 629. The molecule has 0 amide bonds. The predicted molar refractivity (Wildman–Crippen MR) is 101 cm³/mol. The summed E-state index contributed by atoms with van der Waals surface area (Å²) in [6.07, 6.45) is 2.95. The highest BCUT2D eigenvalue weighted by molar-refractivity contribution is 7.13. The van der Waals surface area contributed by atoms with E-state index in [0.717, 1.165) is 30.6 Å². The molecular weight excluding hydrogens is 341 g/mol. The van der Waals surface area contributed by atoms with Crippen LogP contribution in [0.25, 0.3) is 10.4 Å². The predicted octanol–water partition coefficient (Wildman–Crippen LogP) is 8.29. The topological polar surface area (TPSA) is 0 Å². The largest absolute Gasteiger partial charge is 0.416 e. The van der Waals surface area contributed by atoms with Crippen LogP contribution in [0.2, 0.25) is 0 Å². The van der Waals surface area contributed by atoms with Crippen molar-refractivity contribution in [2.75, 3.05) is 0 Å². The molecule has 0 aliphatic carbocycles. The maximum atomic E-state index is 13.7. The van der Waals surface area contributed by atoms with E-state index in [1.807, 2.05) is 30.5 Å². The molecule has 0 fully saturated rings. The molecule has 2 aromatic rings. The summed E-state index contributed by atoms with van der Waals surface area (Å²) >= 11 is 1.47. The Hall–Kier alpha value is -1.29. The van der Waals surface area contributed by atoms with E-state index < -0.39 is 11.7 Å². The van der Waals surface area contributed by atoms with Gasteiger partial charge in [0.2, 0.25) is 0 Å². The summed E-state index contributed by atoms with van der Waals surface area (Å²) in [5.74, 6) is -0.0179. The average molecular weight is 369 g/mol. The van der Waals surface area contributed by atoms with E-state index in [4.69, 9.17) is 0 Å². The number of unbranched alkanes of at least 4 members (excludes halogenated alkanes) is 4. The molecule has 4 heteroatoms. The highest BCUT2D eigenvalue weighted by Gasteiger charge is 2.35. The summed E-state index contributed by atoms with van der Waals surface area (Å²) in [4.78, 5) is 0.879. The van der Waals surface area contributed by atoms with E-state index >= 15 is 0 Å². The highest BCUT2D eigenvalue weighted by Crippen LogP contribution is 2.40. The molecule has 0 aliphatic rings. The van der Waals surface area contributed by atoms with Crippen LogP contribution in [0.15, 0.2) is 35.7 Å². The molecule has 0 saturated carbocycles. The summed E-state index contributed by atoms with van der Waals surface area (Å²) in [7, 11) is 0. The van der Waals surface area contributed by atoms with E-state index in [0.29, 0.717) is 11.1 Å². The Morgan fingerprint density at radius 2 is 1.76 bits per heavy atom. The van der Waals surface area contributed by atoms with Gasteiger partial charge in [0.15, 0.2) is 0 Å². The summed E-state index contributed by atoms with van der Waals surface area (Å²) in [5.41, 5.74) is 0.661. The first-order valence-electron chi connectivity index (χ1n) is 9.22. The van der Waals surface area contributed by atoms with Crippen LogP contribution in [0.1, 0.15) is 75.8 Å². The van der Waals surface area contributed by atoms with Gasteiger partial charge in [-0.3, -0.25) is 0 Å². The molecule has 138 valence electrons. The van der Waals surface area contributed by atoms with Crippen molar-refractivity contribution in [1.29, 1.82) is 0 Å². The fourth-order valence-corrected chi connectivity index (χ4v) is 4.05. The van der Waals surface area contributed by atoms with Gasteiger partial charge < -0.3 is 0 Å². The second-order valence-corrected chi connectivity index (χ2v) is 7.53. The molecule has 0 radical (unpaired) electrons. The van der Waals surface area contributed by atoms with Crippen LogP contribution in [0.3, 0.4) is 0 Å². The van der Waals surface area contributed by atoms with Crippen LogP contribution in [-0.2, 0) is 6.18 Å². The van der Waals surface area contributed by atoms with Gasteiger partial charge in [-0.1, -0.05) is 64.2 Å². The van der Waals surface area contributed by atoms with E-state index in [9.17, 15) is 13.2 Å². The van der Waals surface area contributed by atoms with Gasteiger partial charge in [-0.25, -0.2) is 0 Å². The second kappa shape index (κ2) is 9.42. The normalized spacial score (nSPS) is 13.2. The number of rotatable bonds is 9. The smallest absolute Gasteiger partial charge is 0.166 e. The Morgan fingerprint density at radius 1 is 1.00 bits per heavy atom. The average Bonchev–Trinajstić information content (AvgIpc) is 3.11. The number of alkyl halides is 3. The highest BCUT2D eigenvalue weighted by atomic mass is 32.1. The molecule has 0 spiro atoms. The number of thiophene rings is 1. The molecule has 0 saturated heterocycles. The van der Waals surface area contributed by atoms with E-state index in [1.54, 1.807) is 6.07 Å². The van der Waals surface area contributed by atoms with Crippen molar-refractivity contribution >= 4 is 11.3 Å². The fraction of sp³-hybridized carbons (Fsp3) is 0.524. The molecule has 1 unspecified atom stereocenters. The summed E-state index contributed by atoms with van der Waals surface area (Å²) in [6, 6.07) is 8.62. The van der Waals surface area contributed by atoms with Crippen LogP contribution in [0.4, 0.5) is 13.2 Å². The second-order valence-electron chi connectivity index (χ2n) is 6.59. The standard InChI is InChI=1S/C21H27F3S/c1-3-5-6-7-8-10-16(4-2)18-13-12-17(20-11-9-14-25-20)15-19(18)21(22,23)24/h9,11-16H,3-8,10H2,1-2H3. The van der Waals surface area contributed by atoms with Crippen molar-refractivity contribution in [3.05, 3.63) is 46.8 Å². The van der Waals surface area contributed by atoms with Gasteiger partial charge in [0.25, 0.3) is 0 Å². The Labute approximate surface area is 153 Å². The van der Waals surface area contributed by atoms with E-state index in [2.05, 4.69) is 6.92 Å². The molecule has 0 bridgehead atoms. The number of benzene rings is 1. The number of hydrogen-bond donors (Lipinski definition) is 0. The van der Waals surface area contributed by atoms with E-state index in [1.165, 1.54) is 36.7 Å². The van der Waals surface area contributed by atoms with Crippen molar-refractivity contribution in [3.63, 3.8) is 0 Å². The minimum Gasteiger partial charge on any atom is -0.166 e. The molecule has 0 N–H and O–H groups in total. The molecule has 1 aromatic carbocycles. The zero-order chi connectivity index (χ0) is 18.3. The zero-order valence-corrected chi connectivity index (χ0v) is 15.8. The summed E-state index contributed by atoms with van der Waals surface area (Å²) < 4.78 is 41.0. The minimum atomic E-state index is -4.31. The Morgan fingerprint density at radius 3 is 2.36 bits per heavy atom. The van der Waals surface area contributed by atoms with Crippen LogP contribution in [0, 0.1) is 0 Å². The molecule has 1 aromatic heterocycles. The van der Waals surface area contributed by atoms with Crippen molar-refractivity contribution in [3.8, 4) is 10.4 Å². The van der Waals surface area contributed by atoms with Gasteiger partial charge in [0, 0.05) is 4.88 Å². The van der Waals surface area contributed by atoms with Gasteiger partial charge >= 0.3 is 6.18 Å². The lowest BCUT2D eigenvalue weighted by atomic mass is 9.86. The fourth-order valence-electron chi connectivity index (χ4n) is 3.33. The minimum absolute atomic E-state index is 0.0179. The third-order valence-electron chi connectivity index (χ3n) is 4.75. The van der Waals surface area contributed by atoms with E-state index in [-0.39, 0.29) is 5.92 Å². The monoisotopic (exact) mass is 368 g/mol. The first-order chi connectivity index (χ1) is 12.0. The van der Waals surface area contributed by atoms with Gasteiger partial charge in [0.05, 0.1) is 5.56 Å². The number of halogens is 3. The molecule has 25 heavy (non-hydrogen) atoms. The van der Waals surface area contributed by atoms with Gasteiger partial charge in [-0.05, 0) is 47.4 Å². The van der Waals surface area contributed by atoms with Crippen LogP contribution in [-0.4, -0.2) is 0 Å². The molecule has 1 atom stereocenters. The summed E-state index contributed by atoms with van der Waals surface area (Å²) in [5, 5.41) is 1.89. The summed E-state index contributed by atoms with van der Waals surface area (Å²) in [6.45, 7) is 4.16. The van der Waals surface area contributed by atoms with Crippen molar-refractivity contribution in [1.82, 2.24) is 0 Å². The first kappa shape index (κ1) is 20.0. The van der Waals surface area contributed by atoms with Crippen LogP contribution < -0.4 is 0 Å². The van der Waals surface area contributed by atoms with Crippen molar-refractivity contribution in [2.24, 2.45) is 0 Å². The molecule has 0 aliphatic heterocycles. The Balaban J connectivity index is 2.22. The van der Waals surface area contributed by atoms with Gasteiger partial charge in [0.1, 0.15) is 0 Å². The van der Waals surface area contributed by atoms with Crippen LogP contribution in [0.5, 0.6) is 0 Å². The maximum Gasteiger partial charge on any atom is 0.416 e. The third kappa shape index (κ3) is 5.60. The lowest BCUT2D eigenvalue weighted by Crippen LogP contribution is -2.12.